The first-order valence-corrected chi connectivity index (χ1v) is 8.13. The van der Waals surface area contributed by atoms with Crippen molar-refractivity contribution in [2.24, 2.45) is 5.92 Å². The van der Waals surface area contributed by atoms with Crippen molar-refractivity contribution in [3.05, 3.63) is 0 Å². The van der Waals surface area contributed by atoms with Crippen LogP contribution >= 0.6 is 0 Å². The first-order chi connectivity index (χ1) is 9.05. The third-order valence-electron chi connectivity index (χ3n) is 4.99. The normalized spacial score (nSPS) is 32.7. The van der Waals surface area contributed by atoms with Gasteiger partial charge in [-0.1, -0.05) is 20.8 Å². The van der Waals surface area contributed by atoms with Gasteiger partial charge in [-0.05, 0) is 38.5 Å². The van der Waals surface area contributed by atoms with E-state index in [0.29, 0.717) is 17.6 Å². The maximum Gasteiger partial charge on any atom is 0.0483 e. The molecule has 0 radical (unpaired) electrons. The lowest BCUT2D eigenvalue weighted by molar-refractivity contribution is -0.0554. The van der Waals surface area contributed by atoms with Crippen molar-refractivity contribution in [3.63, 3.8) is 0 Å². The lowest BCUT2D eigenvalue weighted by Gasteiger charge is -2.52. The Balaban J connectivity index is 2.04. The molecule has 2 saturated heterocycles. The monoisotopic (exact) mass is 268 g/mol. The van der Waals surface area contributed by atoms with Crippen molar-refractivity contribution < 1.29 is 4.74 Å². The van der Waals surface area contributed by atoms with Gasteiger partial charge in [0.2, 0.25) is 0 Å². The summed E-state index contributed by atoms with van der Waals surface area (Å²) >= 11 is 0. The molecule has 0 bridgehead atoms. The van der Waals surface area contributed by atoms with Crippen LogP contribution in [-0.2, 0) is 4.74 Å². The van der Waals surface area contributed by atoms with Crippen LogP contribution < -0.4 is 5.32 Å². The summed E-state index contributed by atoms with van der Waals surface area (Å²) in [6.07, 6.45) is 4.92. The molecule has 3 nitrogen and oxygen atoms in total. The summed E-state index contributed by atoms with van der Waals surface area (Å²) in [6.45, 7) is 13.7. The molecular weight excluding hydrogens is 236 g/mol. The highest BCUT2D eigenvalue weighted by atomic mass is 16.5. The molecule has 0 aromatic heterocycles. The van der Waals surface area contributed by atoms with Crippen molar-refractivity contribution in [2.45, 2.75) is 71.0 Å². The Morgan fingerprint density at radius 1 is 1.32 bits per heavy atom. The molecule has 0 aliphatic carbocycles. The average Bonchev–Trinajstić information content (AvgIpc) is 2.39. The largest absolute Gasteiger partial charge is 0.381 e. The maximum absolute atomic E-state index is 5.57. The lowest BCUT2D eigenvalue weighted by Crippen LogP contribution is -2.64. The standard InChI is InChI=1S/C16H32N2O/c1-5-15-11-17-14(10-13(2)3)12-18(15)16(4)6-8-19-9-7-16/h13-15,17H,5-12H2,1-4H3. The quantitative estimate of drug-likeness (QED) is 0.848. The predicted octanol–water partition coefficient (Wildman–Crippen LogP) is 2.65. The van der Waals surface area contributed by atoms with Gasteiger partial charge in [-0.15, -0.1) is 0 Å². The second kappa shape index (κ2) is 6.55. The van der Waals surface area contributed by atoms with Crippen molar-refractivity contribution >= 4 is 0 Å². The Labute approximate surface area is 119 Å². The zero-order chi connectivity index (χ0) is 13.9. The van der Waals surface area contributed by atoms with Gasteiger partial charge in [0.05, 0.1) is 0 Å². The Bertz CT molecular complexity index is 274. The van der Waals surface area contributed by atoms with Crippen LogP contribution in [0.2, 0.25) is 0 Å². The number of hydrogen-bond acceptors (Lipinski definition) is 3. The van der Waals surface area contributed by atoms with E-state index in [9.17, 15) is 0 Å². The van der Waals surface area contributed by atoms with Crippen LogP contribution in [0.3, 0.4) is 0 Å². The number of nitrogens with one attached hydrogen (secondary N) is 1. The fourth-order valence-electron chi connectivity index (χ4n) is 3.72. The van der Waals surface area contributed by atoms with E-state index in [4.69, 9.17) is 4.74 Å². The van der Waals surface area contributed by atoms with Gasteiger partial charge < -0.3 is 10.1 Å². The highest BCUT2D eigenvalue weighted by Gasteiger charge is 2.40. The number of rotatable bonds is 4. The van der Waals surface area contributed by atoms with Crippen molar-refractivity contribution in [2.75, 3.05) is 26.3 Å². The first kappa shape index (κ1) is 15.3. The smallest absolute Gasteiger partial charge is 0.0483 e. The number of ether oxygens (including phenoxy) is 1. The van der Waals surface area contributed by atoms with Gasteiger partial charge in [0.15, 0.2) is 0 Å². The molecule has 2 unspecified atom stereocenters. The van der Waals surface area contributed by atoms with Crippen LogP contribution in [0.4, 0.5) is 0 Å². The van der Waals surface area contributed by atoms with Crippen molar-refractivity contribution in [1.29, 1.82) is 0 Å². The summed E-state index contributed by atoms with van der Waals surface area (Å²) in [6, 6.07) is 1.37. The third kappa shape index (κ3) is 3.71. The summed E-state index contributed by atoms with van der Waals surface area (Å²) in [5.41, 5.74) is 0.357. The molecule has 3 heteroatoms. The highest BCUT2D eigenvalue weighted by molar-refractivity contribution is 4.97. The SMILES string of the molecule is CCC1CNC(CC(C)C)CN1C1(C)CCOCC1. The van der Waals surface area contributed by atoms with Crippen LogP contribution in [-0.4, -0.2) is 48.8 Å². The Kier molecular flexibility index (Phi) is 5.27. The fraction of sp³-hybridized carbons (Fsp3) is 1.00. The zero-order valence-corrected chi connectivity index (χ0v) is 13.2. The fourth-order valence-corrected chi connectivity index (χ4v) is 3.72. The Morgan fingerprint density at radius 2 is 2.00 bits per heavy atom. The van der Waals surface area contributed by atoms with Crippen molar-refractivity contribution in [3.8, 4) is 0 Å². The molecule has 19 heavy (non-hydrogen) atoms. The van der Waals surface area contributed by atoms with E-state index >= 15 is 0 Å². The van der Waals surface area contributed by atoms with Crippen LogP contribution in [0.1, 0.15) is 53.4 Å². The Morgan fingerprint density at radius 3 is 2.58 bits per heavy atom. The van der Waals surface area contributed by atoms with Gasteiger partial charge in [0.25, 0.3) is 0 Å². The van der Waals surface area contributed by atoms with E-state index in [1.165, 1.54) is 32.2 Å². The average molecular weight is 268 g/mol. The molecule has 0 aromatic carbocycles. The van der Waals surface area contributed by atoms with E-state index in [1.807, 2.05) is 0 Å². The second-order valence-corrected chi connectivity index (χ2v) is 7.06. The molecule has 2 aliphatic rings. The topological polar surface area (TPSA) is 24.5 Å². The van der Waals surface area contributed by atoms with Crippen LogP contribution in [0.25, 0.3) is 0 Å². The molecule has 2 atom stereocenters. The molecular formula is C16H32N2O. The summed E-state index contributed by atoms with van der Waals surface area (Å²) in [7, 11) is 0. The van der Waals surface area contributed by atoms with E-state index in [2.05, 4.69) is 37.9 Å². The zero-order valence-electron chi connectivity index (χ0n) is 13.2. The molecule has 112 valence electrons. The molecule has 0 saturated carbocycles. The van der Waals surface area contributed by atoms with Crippen LogP contribution in [0, 0.1) is 5.92 Å². The van der Waals surface area contributed by atoms with Gasteiger partial charge in [0.1, 0.15) is 0 Å². The minimum absolute atomic E-state index is 0.357. The third-order valence-corrected chi connectivity index (χ3v) is 4.99. The van der Waals surface area contributed by atoms with Gasteiger partial charge in [-0.2, -0.15) is 0 Å². The van der Waals surface area contributed by atoms with E-state index in [1.54, 1.807) is 0 Å². The van der Waals surface area contributed by atoms with Gasteiger partial charge in [-0.25, -0.2) is 0 Å². The summed E-state index contributed by atoms with van der Waals surface area (Å²) in [5.74, 6) is 0.778. The van der Waals surface area contributed by atoms with Gasteiger partial charge >= 0.3 is 0 Å². The molecule has 2 aliphatic heterocycles. The maximum atomic E-state index is 5.57. The molecule has 1 N–H and O–H groups in total. The summed E-state index contributed by atoms with van der Waals surface area (Å²) in [5, 5.41) is 3.76. The van der Waals surface area contributed by atoms with Crippen LogP contribution in [0.5, 0.6) is 0 Å². The molecule has 0 aromatic rings. The highest BCUT2D eigenvalue weighted by Crippen LogP contribution is 2.32. The molecule has 2 heterocycles. The Hall–Kier alpha value is -0.120. The number of hydrogen-bond donors (Lipinski definition) is 1. The lowest BCUT2D eigenvalue weighted by atomic mass is 9.86. The van der Waals surface area contributed by atoms with E-state index in [-0.39, 0.29) is 0 Å². The van der Waals surface area contributed by atoms with Gasteiger partial charge in [0, 0.05) is 43.9 Å². The van der Waals surface area contributed by atoms with Gasteiger partial charge in [-0.3, -0.25) is 4.90 Å². The predicted molar refractivity (Wildman–Crippen MR) is 80.5 cm³/mol. The number of piperazine rings is 1. The second-order valence-electron chi connectivity index (χ2n) is 7.06. The molecule has 0 amide bonds. The molecule has 2 fully saturated rings. The summed E-state index contributed by atoms with van der Waals surface area (Å²) < 4.78 is 5.57. The van der Waals surface area contributed by atoms with E-state index in [0.717, 1.165) is 25.7 Å². The van der Waals surface area contributed by atoms with Crippen molar-refractivity contribution in [1.82, 2.24) is 10.2 Å². The minimum atomic E-state index is 0.357. The number of nitrogens with zero attached hydrogens (tertiary/aromatic N) is 1. The molecule has 0 spiro atoms. The minimum Gasteiger partial charge on any atom is -0.381 e. The summed E-state index contributed by atoms with van der Waals surface area (Å²) in [4.78, 5) is 2.80. The van der Waals surface area contributed by atoms with E-state index < -0.39 is 0 Å². The van der Waals surface area contributed by atoms with Crippen LogP contribution in [0.15, 0.2) is 0 Å². The molecule has 2 rings (SSSR count). The first-order valence-electron chi connectivity index (χ1n) is 8.13.